The number of fused-ring (bicyclic) bond motifs is 1. The summed E-state index contributed by atoms with van der Waals surface area (Å²) in [5.74, 6) is 0.0734. The molecule has 3 heterocycles. The standard InChI is InChI=1S/C19H17N5O2.ClH/c20-8-12-1-3-14-16(7-12)23-19(26)18(14)15-4-2-13(9-22-15)10-24-6-5-21-17(25)11-24;/h1-4,7,9,23,26H,5-6,10-11H2,(H,21,25);1H. The molecule has 1 amide bonds. The van der Waals surface area contributed by atoms with E-state index in [0.29, 0.717) is 42.0 Å². The van der Waals surface area contributed by atoms with Gasteiger partial charge in [0.05, 0.1) is 35.0 Å². The minimum Gasteiger partial charge on any atom is -0.494 e. The molecular formula is C19H18ClN5O2. The van der Waals surface area contributed by atoms with Crippen molar-refractivity contribution in [3.63, 3.8) is 0 Å². The van der Waals surface area contributed by atoms with Crippen LogP contribution in [0, 0.1) is 11.3 Å². The molecule has 3 aromatic rings. The molecule has 0 atom stereocenters. The molecule has 0 bridgehead atoms. The summed E-state index contributed by atoms with van der Waals surface area (Å²) in [6.45, 7) is 2.54. The molecule has 4 rings (SSSR count). The van der Waals surface area contributed by atoms with Crippen LogP contribution >= 0.6 is 12.4 Å². The normalized spacial score (nSPS) is 14.4. The Kier molecular flexibility index (Phi) is 5.31. The summed E-state index contributed by atoms with van der Waals surface area (Å²) in [7, 11) is 0. The first-order valence-electron chi connectivity index (χ1n) is 8.33. The van der Waals surface area contributed by atoms with Gasteiger partial charge in [0.15, 0.2) is 5.88 Å². The number of carbonyl (C=O) groups excluding carboxylic acids is 1. The topological polar surface area (TPSA) is 105 Å². The second-order valence-electron chi connectivity index (χ2n) is 6.33. The van der Waals surface area contributed by atoms with E-state index in [-0.39, 0.29) is 24.2 Å². The van der Waals surface area contributed by atoms with Crippen LogP contribution in [0.2, 0.25) is 0 Å². The van der Waals surface area contributed by atoms with Crippen LogP contribution < -0.4 is 5.32 Å². The van der Waals surface area contributed by atoms with Crippen LogP contribution in [0.25, 0.3) is 22.2 Å². The number of amides is 1. The Bertz CT molecular complexity index is 1020. The number of aromatic nitrogens is 2. The van der Waals surface area contributed by atoms with Gasteiger partial charge in [-0.3, -0.25) is 14.7 Å². The van der Waals surface area contributed by atoms with E-state index in [1.165, 1.54) is 0 Å². The zero-order valence-electron chi connectivity index (χ0n) is 14.4. The molecule has 1 aliphatic heterocycles. The summed E-state index contributed by atoms with van der Waals surface area (Å²) < 4.78 is 0. The van der Waals surface area contributed by atoms with Crippen molar-refractivity contribution in [3.8, 4) is 23.2 Å². The van der Waals surface area contributed by atoms with Crippen LogP contribution in [0.15, 0.2) is 36.5 Å². The molecule has 0 radical (unpaired) electrons. The number of benzene rings is 1. The molecule has 2 aromatic heterocycles. The minimum absolute atomic E-state index is 0. The van der Waals surface area contributed by atoms with Gasteiger partial charge in [0.2, 0.25) is 5.91 Å². The van der Waals surface area contributed by atoms with Crippen LogP contribution in [0.5, 0.6) is 5.88 Å². The number of aromatic hydroxyl groups is 1. The van der Waals surface area contributed by atoms with E-state index in [1.54, 1.807) is 24.4 Å². The third-order valence-corrected chi connectivity index (χ3v) is 4.51. The predicted molar refractivity (Wildman–Crippen MR) is 103 cm³/mol. The largest absolute Gasteiger partial charge is 0.494 e. The van der Waals surface area contributed by atoms with Gasteiger partial charge in [-0.2, -0.15) is 5.26 Å². The first kappa shape index (κ1) is 18.7. The number of carbonyl (C=O) groups is 1. The molecule has 1 aliphatic rings. The maximum absolute atomic E-state index is 11.5. The van der Waals surface area contributed by atoms with Crippen molar-refractivity contribution in [1.29, 1.82) is 5.26 Å². The molecule has 0 unspecified atom stereocenters. The summed E-state index contributed by atoms with van der Waals surface area (Å²) in [6.07, 6.45) is 1.77. The van der Waals surface area contributed by atoms with E-state index in [9.17, 15) is 9.90 Å². The maximum Gasteiger partial charge on any atom is 0.234 e. The summed E-state index contributed by atoms with van der Waals surface area (Å²) in [5, 5.41) is 22.9. The van der Waals surface area contributed by atoms with E-state index in [4.69, 9.17) is 5.26 Å². The Hall–Kier alpha value is -3.08. The van der Waals surface area contributed by atoms with Crippen molar-refractivity contribution in [1.82, 2.24) is 20.2 Å². The van der Waals surface area contributed by atoms with E-state index in [1.807, 2.05) is 12.1 Å². The smallest absolute Gasteiger partial charge is 0.234 e. The lowest BCUT2D eigenvalue weighted by Crippen LogP contribution is -2.47. The monoisotopic (exact) mass is 383 g/mol. The van der Waals surface area contributed by atoms with Gasteiger partial charge in [-0.1, -0.05) is 12.1 Å². The number of piperazine rings is 1. The SMILES string of the molecule is Cl.N#Cc1ccc2c(-c3ccc(CN4CCNC(=O)C4)cn3)c(O)[nH]c2c1. The highest BCUT2D eigenvalue weighted by atomic mass is 35.5. The van der Waals surface area contributed by atoms with Gasteiger partial charge >= 0.3 is 0 Å². The van der Waals surface area contributed by atoms with Gasteiger partial charge in [-0.25, -0.2) is 0 Å². The number of hydrogen-bond acceptors (Lipinski definition) is 5. The average Bonchev–Trinajstić information content (AvgIpc) is 2.97. The third kappa shape index (κ3) is 3.72. The molecule has 0 saturated carbocycles. The Morgan fingerprint density at radius 2 is 2.15 bits per heavy atom. The zero-order chi connectivity index (χ0) is 18.1. The Labute approximate surface area is 162 Å². The highest BCUT2D eigenvalue weighted by Gasteiger charge is 2.17. The fourth-order valence-electron chi connectivity index (χ4n) is 3.26. The summed E-state index contributed by atoms with van der Waals surface area (Å²) in [6, 6.07) is 11.1. The van der Waals surface area contributed by atoms with E-state index >= 15 is 0 Å². The second-order valence-corrected chi connectivity index (χ2v) is 6.33. The molecule has 8 heteroatoms. The van der Waals surface area contributed by atoms with Gasteiger partial charge in [0.1, 0.15) is 0 Å². The molecule has 138 valence electrons. The zero-order valence-corrected chi connectivity index (χ0v) is 15.2. The van der Waals surface area contributed by atoms with Crippen LogP contribution in [-0.4, -0.2) is 45.5 Å². The molecule has 1 aromatic carbocycles. The Morgan fingerprint density at radius 3 is 2.85 bits per heavy atom. The van der Waals surface area contributed by atoms with Crippen LogP contribution in [0.3, 0.4) is 0 Å². The number of nitrogens with zero attached hydrogens (tertiary/aromatic N) is 3. The fourth-order valence-corrected chi connectivity index (χ4v) is 3.26. The second kappa shape index (κ2) is 7.66. The lowest BCUT2D eigenvalue weighted by Gasteiger charge is -2.26. The van der Waals surface area contributed by atoms with Crippen molar-refractivity contribution in [3.05, 3.63) is 47.7 Å². The van der Waals surface area contributed by atoms with Crippen LogP contribution in [-0.2, 0) is 11.3 Å². The number of hydrogen-bond donors (Lipinski definition) is 3. The first-order chi connectivity index (χ1) is 12.6. The van der Waals surface area contributed by atoms with Gasteiger partial charge in [0, 0.05) is 31.2 Å². The van der Waals surface area contributed by atoms with E-state index in [0.717, 1.165) is 17.5 Å². The molecule has 7 nitrogen and oxygen atoms in total. The van der Waals surface area contributed by atoms with E-state index < -0.39 is 0 Å². The number of H-pyrrole nitrogens is 1. The number of rotatable bonds is 3. The van der Waals surface area contributed by atoms with Crippen molar-refractivity contribution in [2.45, 2.75) is 6.54 Å². The molecule has 1 saturated heterocycles. The molecule has 1 fully saturated rings. The highest BCUT2D eigenvalue weighted by molar-refractivity contribution is 5.98. The average molecular weight is 384 g/mol. The van der Waals surface area contributed by atoms with Gasteiger partial charge in [0.25, 0.3) is 0 Å². The van der Waals surface area contributed by atoms with Crippen molar-refractivity contribution < 1.29 is 9.90 Å². The summed E-state index contributed by atoms with van der Waals surface area (Å²) in [5.41, 5.74) is 3.50. The van der Waals surface area contributed by atoms with Crippen LogP contribution in [0.4, 0.5) is 0 Å². The number of pyridine rings is 1. The molecule has 0 aliphatic carbocycles. The van der Waals surface area contributed by atoms with E-state index in [2.05, 4.69) is 26.3 Å². The third-order valence-electron chi connectivity index (χ3n) is 4.51. The lowest BCUT2D eigenvalue weighted by molar-refractivity contribution is -0.124. The van der Waals surface area contributed by atoms with Crippen molar-refractivity contribution >= 4 is 29.2 Å². The number of nitriles is 1. The van der Waals surface area contributed by atoms with Crippen molar-refractivity contribution in [2.75, 3.05) is 19.6 Å². The fraction of sp³-hybridized carbons (Fsp3) is 0.211. The molecular weight excluding hydrogens is 366 g/mol. The number of halogens is 1. The summed E-state index contributed by atoms with van der Waals surface area (Å²) >= 11 is 0. The van der Waals surface area contributed by atoms with Gasteiger partial charge in [-0.05, 0) is 23.8 Å². The lowest BCUT2D eigenvalue weighted by atomic mass is 10.1. The van der Waals surface area contributed by atoms with Crippen LogP contribution in [0.1, 0.15) is 11.1 Å². The maximum atomic E-state index is 11.5. The van der Waals surface area contributed by atoms with Gasteiger partial charge < -0.3 is 15.4 Å². The number of aromatic amines is 1. The van der Waals surface area contributed by atoms with Gasteiger partial charge in [-0.15, -0.1) is 12.4 Å². The summed E-state index contributed by atoms with van der Waals surface area (Å²) in [4.78, 5) is 20.9. The minimum atomic E-state index is 0. The quantitative estimate of drug-likeness (QED) is 0.642. The van der Waals surface area contributed by atoms with Crippen molar-refractivity contribution in [2.24, 2.45) is 0 Å². The predicted octanol–water partition coefficient (Wildman–Crippen LogP) is 2.16. The Morgan fingerprint density at radius 1 is 1.30 bits per heavy atom. The molecule has 27 heavy (non-hydrogen) atoms. The molecule has 3 N–H and O–H groups in total. The first-order valence-corrected chi connectivity index (χ1v) is 8.33. The Balaban J connectivity index is 0.00000210. The number of nitrogens with one attached hydrogen (secondary N) is 2. The highest BCUT2D eigenvalue weighted by Crippen LogP contribution is 2.35. The molecule has 0 spiro atoms.